The number of aromatic nitrogens is 1. The summed E-state index contributed by atoms with van der Waals surface area (Å²) in [5, 5.41) is 6.85. The highest BCUT2D eigenvalue weighted by molar-refractivity contribution is 5.83. The summed E-state index contributed by atoms with van der Waals surface area (Å²) in [7, 11) is 6.17. The molecule has 1 aromatic heterocycles. The van der Waals surface area contributed by atoms with Crippen molar-refractivity contribution in [1.82, 2.24) is 10.3 Å². The Labute approximate surface area is 193 Å². The maximum atomic E-state index is 4.70. The third kappa shape index (κ3) is 5.20. The minimum absolute atomic E-state index is 0.820. The number of rotatable bonds is 9. The van der Waals surface area contributed by atoms with E-state index in [1.807, 2.05) is 13.2 Å². The summed E-state index contributed by atoms with van der Waals surface area (Å²) >= 11 is 0. The zero-order chi connectivity index (χ0) is 23.1. The molecule has 0 unspecified atom stereocenters. The van der Waals surface area contributed by atoms with Crippen LogP contribution < -0.4 is 15.5 Å². The first-order valence-corrected chi connectivity index (χ1v) is 11.5. The number of hydrogen-bond acceptors (Lipinski definition) is 4. The van der Waals surface area contributed by atoms with E-state index in [9.17, 15) is 0 Å². The van der Waals surface area contributed by atoms with Crippen molar-refractivity contribution in [1.29, 1.82) is 0 Å². The van der Waals surface area contributed by atoms with E-state index in [2.05, 4.69) is 105 Å². The normalized spacial score (nSPS) is 11.5. The molecule has 0 aliphatic rings. The molecule has 0 atom stereocenters. The van der Waals surface area contributed by atoms with Crippen LogP contribution >= 0.6 is 0 Å². The largest absolute Gasteiger partial charge is 0.377 e. The van der Waals surface area contributed by atoms with Crippen molar-refractivity contribution in [3.05, 3.63) is 83.2 Å². The number of nitrogens with zero attached hydrogens (tertiary/aromatic N) is 2. The van der Waals surface area contributed by atoms with E-state index in [4.69, 9.17) is 4.98 Å². The first-order chi connectivity index (χ1) is 15.5. The van der Waals surface area contributed by atoms with Gasteiger partial charge in [0.2, 0.25) is 0 Å². The van der Waals surface area contributed by atoms with E-state index < -0.39 is 0 Å². The summed E-state index contributed by atoms with van der Waals surface area (Å²) in [5.74, 6) is 0. The van der Waals surface area contributed by atoms with E-state index in [-0.39, 0.29) is 0 Å². The van der Waals surface area contributed by atoms with Crippen molar-refractivity contribution in [2.24, 2.45) is 0 Å². The second-order valence-corrected chi connectivity index (χ2v) is 8.26. The van der Waals surface area contributed by atoms with E-state index >= 15 is 0 Å². The fourth-order valence-electron chi connectivity index (χ4n) is 4.14. The van der Waals surface area contributed by atoms with Gasteiger partial charge in [0, 0.05) is 38.2 Å². The molecule has 0 amide bonds. The van der Waals surface area contributed by atoms with Gasteiger partial charge in [0.1, 0.15) is 0 Å². The number of pyridine rings is 1. The minimum atomic E-state index is 0.820. The van der Waals surface area contributed by atoms with Crippen molar-refractivity contribution in [3.8, 4) is 11.1 Å². The van der Waals surface area contributed by atoms with Crippen LogP contribution in [0.5, 0.6) is 0 Å². The standard InChI is InChI=1S/C28H36N4/c1-7-11-27(26-17-16-21(18-29-4)19-30-26)31-25-14-9-12-23(20(25)3)24-13-10-15-28(32(5)6)22(24)8-2/h9-17,19,29,31H,7-8,18H2,1-6H3. The molecule has 3 rings (SSSR count). The van der Waals surface area contributed by atoms with Crippen LogP contribution in [0.25, 0.3) is 16.8 Å². The summed E-state index contributed by atoms with van der Waals surface area (Å²) in [4.78, 5) is 6.90. The Morgan fingerprint density at radius 1 is 1.00 bits per heavy atom. The van der Waals surface area contributed by atoms with Crippen LogP contribution in [-0.2, 0) is 13.0 Å². The molecule has 0 saturated heterocycles. The Hall–Kier alpha value is -3.11. The first kappa shape index (κ1) is 23.6. The van der Waals surface area contributed by atoms with Gasteiger partial charge in [0.05, 0.1) is 11.4 Å². The third-order valence-corrected chi connectivity index (χ3v) is 5.77. The van der Waals surface area contributed by atoms with Crippen LogP contribution in [0.15, 0.2) is 60.8 Å². The van der Waals surface area contributed by atoms with Gasteiger partial charge in [-0.2, -0.15) is 0 Å². The predicted molar refractivity (Wildman–Crippen MR) is 139 cm³/mol. The molecule has 0 bridgehead atoms. The number of benzene rings is 2. The molecule has 3 aromatic rings. The van der Waals surface area contributed by atoms with Gasteiger partial charge in [0.15, 0.2) is 0 Å². The lowest BCUT2D eigenvalue weighted by Crippen LogP contribution is -2.12. The Morgan fingerprint density at radius 2 is 1.75 bits per heavy atom. The van der Waals surface area contributed by atoms with Gasteiger partial charge in [-0.1, -0.05) is 50.3 Å². The minimum Gasteiger partial charge on any atom is -0.377 e. The van der Waals surface area contributed by atoms with Gasteiger partial charge in [-0.3, -0.25) is 4.98 Å². The molecule has 2 aromatic carbocycles. The van der Waals surface area contributed by atoms with Crippen LogP contribution in [-0.4, -0.2) is 26.1 Å². The average molecular weight is 429 g/mol. The zero-order valence-electron chi connectivity index (χ0n) is 20.3. The lowest BCUT2D eigenvalue weighted by molar-refractivity contribution is 0.813. The fourth-order valence-corrected chi connectivity index (χ4v) is 4.14. The SMILES string of the molecule is CCC=C(Nc1cccc(-c2cccc(N(C)C)c2CC)c1C)c1ccc(CNC)cn1. The molecule has 0 saturated carbocycles. The lowest BCUT2D eigenvalue weighted by Gasteiger charge is -2.22. The Kier molecular flexibility index (Phi) is 8.07. The Balaban J connectivity index is 1.99. The molecule has 4 nitrogen and oxygen atoms in total. The van der Waals surface area contributed by atoms with Crippen molar-refractivity contribution in [2.75, 3.05) is 31.4 Å². The number of hydrogen-bond donors (Lipinski definition) is 2. The maximum absolute atomic E-state index is 4.70. The number of allylic oxidation sites excluding steroid dienone is 1. The van der Waals surface area contributed by atoms with Gasteiger partial charge in [-0.15, -0.1) is 0 Å². The molecule has 0 fully saturated rings. The topological polar surface area (TPSA) is 40.2 Å². The Morgan fingerprint density at radius 3 is 2.38 bits per heavy atom. The van der Waals surface area contributed by atoms with Crippen molar-refractivity contribution in [3.63, 3.8) is 0 Å². The molecule has 32 heavy (non-hydrogen) atoms. The molecule has 1 heterocycles. The van der Waals surface area contributed by atoms with Crippen molar-refractivity contribution in [2.45, 2.75) is 40.2 Å². The monoisotopic (exact) mass is 428 g/mol. The summed E-state index contributed by atoms with van der Waals surface area (Å²) in [6.45, 7) is 7.41. The smallest absolute Gasteiger partial charge is 0.0861 e. The van der Waals surface area contributed by atoms with Gasteiger partial charge in [0.25, 0.3) is 0 Å². The molecule has 4 heteroatoms. The highest BCUT2D eigenvalue weighted by Crippen LogP contribution is 2.36. The molecular formula is C28H36N4. The van der Waals surface area contributed by atoms with Crippen molar-refractivity contribution < 1.29 is 0 Å². The van der Waals surface area contributed by atoms with Crippen LogP contribution in [0.3, 0.4) is 0 Å². The third-order valence-electron chi connectivity index (χ3n) is 5.77. The second-order valence-electron chi connectivity index (χ2n) is 8.26. The van der Waals surface area contributed by atoms with Crippen LogP contribution in [0, 0.1) is 6.92 Å². The van der Waals surface area contributed by atoms with Crippen LogP contribution in [0.4, 0.5) is 11.4 Å². The van der Waals surface area contributed by atoms with Gasteiger partial charge in [-0.25, -0.2) is 0 Å². The summed E-state index contributed by atoms with van der Waals surface area (Å²) < 4.78 is 0. The van der Waals surface area contributed by atoms with E-state index in [0.717, 1.165) is 36.5 Å². The molecule has 168 valence electrons. The van der Waals surface area contributed by atoms with Crippen LogP contribution in [0.1, 0.15) is 42.7 Å². The number of anilines is 2. The predicted octanol–water partition coefficient (Wildman–Crippen LogP) is 6.27. The Bertz CT molecular complexity index is 1070. The highest BCUT2D eigenvalue weighted by Gasteiger charge is 2.14. The zero-order valence-corrected chi connectivity index (χ0v) is 20.3. The van der Waals surface area contributed by atoms with Crippen molar-refractivity contribution >= 4 is 17.1 Å². The van der Waals surface area contributed by atoms with Gasteiger partial charge < -0.3 is 15.5 Å². The van der Waals surface area contributed by atoms with E-state index in [1.165, 1.54) is 33.5 Å². The van der Waals surface area contributed by atoms with Crippen LogP contribution in [0.2, 0.25) is 0 Å². The fraction of sp³-hybridized carbons (Fsp3) is 0.321. The average Bonchev–Trinajstić information content (AvgIpc) is 2.80. The van der Waals surface area contributed by atoms with Gasteiger partial charge >= 0.3 is 0 Å². The maximum Gasteiger partial charge on any atom is 0.0861 e. The molecule has 0 radical (unpaired) electrons. The summed E-state index contributed by atoms with van der Waals surface area (Å²) in [6, 6.07) is 17.3. The summed E-state index contributed by atoms with van der Waals surface area (Å²) in [6.07, 6.45) is 6.08. The highest BCUT2D eigenvalue weighted by atomic mass is 15.1. The molecule has 0 aliphatic heterocycles. The second kappa shape index (κ2) is 11.0. The first-order valence-electron chi connectivity index (χ1n) is 11.5. The number of nitrogens with one attached hydrogen (secondary N) is 2. The van der Waals surface area contributed by atoms with E-state index in [0.29, 0.717) is 0 Å². The quantitative estimate of drug-likeness (QED) is 0.421. The lowest BCUT2D eigenvalue weighted by atomic mass is 9.92. The van der Waals surface area contributed by atoms with Gasteiger partial charge in [-0.05, 0) is 72.8 Å². The molecular weight excluding hydrogens is 392 g/mol. The summed E-state index contributed by atoms with van der Waals surface area (Å²) in [5.41, 5.74) is 10.8. The van der Waals surface area contributed by atoms with E-state index in [1.54, 1.807) is 0 Å². The molecule has 2 N–H and O–H groups in total. The molecule has 0 aliphatic carbocycles. The molecule has 0 spiro atoms.